The second-order valence-electron chi connectivity index (χ2n) is 10.8. The van der Waals surface area contributed by atoms with Crippen LogP contribution in [0.5, 0.6) is 0 Å². The number of benzene rings is 5. The summed E-state index contributed by atoms with van der Waals surface area (Å²) in [5, 5.41) is 14.8. The maximum Gasteiger partial charge on any atom is 0.206 e. The molecule has 4 heteroatoms. The van der Waals surface area contributed by atoms with E-state index in [1.807, 2.05) is 12.1 Å². The Bertz CT molecular complexity index is 2000. The standard InChI is InChI=1S/C36H26N4/c1-21-6-10-31-26(14-21)27-15-22(2)7-11-32(27)39(31)35-18-25(20-37)30(38-5)19-36(35)40-33-12-8-23(3)16-28(33)29-17-24(4)9-13-34(29)40/h6-19H,1-4H3. The first-order valence-electron chi connectivity index (χ1n) is 13.4. The van der Waals surface area contributed by atoms with E-state index in [0.29, 0.717) is 11.3 Å². The molecule has 0 aliphatic rings. The number of rotatable bonds is 2. The van der Waals surface area contributed by atoms with Crippen molar-refractivity contribution in [2.24, 2.45) is 0 Å². The third kappa shape index (κ3) is 3.37. The van der Waals surface area contributed by atoms with Crippen molar-refractivity contribution in [1.82, 2.24) is 9.13 Å². The summed E-state index contributed by atoms with van der Waals surface area (Å²) in [6.45, 7) is 16.4. The van der Waals surface area contributed by atoms with Gasteiger partial charge in [0.05, 0.1) is 51.6 Å². The second kappa shape index (κ2) is 8.60. The van der Waals surface area contributed by atoms with Gasteiger partial charge in [-0.05, 0) is 88.4 Å². The van der Waals surface area contributed by atoms with Crippen molar-refractivity contribution in [3.05, 3.63) is 124 Å². The molecular weight excluding hydrogens is 488 g/mol. The minimum absolute atomic E-state index is 0.350. The van der Waals surface area contributed by atoms with Crippen LogP contribution in [0.4, 0.5) is 5.69 Å². The molecule has 0 fully saturated rings. The second-order valence-corrected chi connectivity index (χ2v) is 10.8. The van der Waals surface area contributed by atoms with Gasteiger partial charge in [-0.15, -0.1) is 0 Å². The zero-order valence-electron chi connectivity index (χ0n) is 22.9. The van der Waals surface area contributed by atoms with Gasteiger partial charge < -0.3 is 9.13 Å². The molecule has 2 aromatic heterocycles. The van der Waals surface area contributed by atoms with Crippen LogP contribution in [0.2, 0.25) is 0 Å². The smallest absolute Gasteiger partial charge is 0.206 e. The molecule has 0 saturated carbocycles. The van der Waals surface area contributed by atoms with Crippen molar-refractivity contribution >= 4 is 49.3 Å². The van der Waals surface area contributed by atoms with Gasteiger partial charge >= 0.3 is 0 Å². The Labute approximate surface area is 232 Å². The van der Waals surface area contributed by atoms with Crippen molar-refractivity contribution in [2.45, 2.75) is 27.7 Å². The topological polar surface area (TPSA) is 38.0 Å². The summed E-state index contributed by atoms with van der Waals surface area (Å²) in [5.41, 5.74) is 11.5. The number of nitrogens with zero attached hydrogens (tertiary/aromatic N) is 4. The van der Waals surface area contributed by atoms with Gasteiger partial charge in [0.1, 0.15) is 0 Å². The lowest BCUT2D eigenvalue weighted by molar-refractivity contribution is 1.09. The van der Waals surface area contributed by atoms with Gasteiger partial charge in [-0.25, -0.2) is 4.85 Å². The van der Waals surface area contributed by atoms with E-state index >= 15 is 0 Å². The summed E-state index contributed by atoms with van der Waals surface area (Å²) in [6.07, 6.45) is 0. The van der Waals surface area contributed by atoms with Crippen LogP contribution in [0.3, 0.4) is 0 Å². The normalized spacial score (nSPS) is 11.4. The molecule has 7 aromatic rings. The van der Waals surface area contributed by atoms with Crippen LogP contribution < -0.4 is 0 Å². The molecule has 0 aliphatic heterocycles. The fourth-order valence-electron chi connectivity index (χ4n) is 6.13. The predicted octanol–water partition coefficient (Wildman–Crippen LogP) is 9.54. The summed E-state index contributed by atoms with van der Waals surface area (Å²) in [7, 11) is 0. The van der Waals surface area contributed by atoms with Crippen molar-refractivity contribution in [1.29, 1.82) is 5.26 Å². The third-order valence-corrected chi connectivity index (χ3v) is 7.97. The Balaban J connectivity index is 1.71. The number of aryl methyl sites for hydroxylation is 4. The van der Waals surface area contributed by atoms with Gasteiger partial charge in [0, 0.05) is 21.5 Å². The maximum atomic E-state index is 10.1. The molecule has 190 valence electrons. The van der Waals surface area contributed by atoms with Crippen LogP contribution in [0, 0.1) is 45.6 Å². The number of hydrogen-bond donors (Lipinski definition) is 0. The summed E-state index contributed by atoms with van der Waals surface area (Å²) < 4.78 is 4.52. The Kier molecular flexibility index (Phi) is 5.11. The summed E-state index contributed by atoms with van der Waals surface area (Å²) in [4.78, 5) is 3.78. The van der Waals surface area contributed by atoms with Crippen LogP contribution in [0.15, 0.2) is 84.9 Å². The van der Waals surface area contributed by atoms with Crippen LogP contribution in [0.1, 0.15) is 27.8 Å². The van der Waals surface area contributed by atoms with Crippen molar-refractivity contribution in [2.75, 3.05) is 0 Å². The van der Waals surface area contributed by atoms with Crippen molar-refractivity contribution < 1.29 is 0 Å². The van der Waals surface area contributed by atoms with E-state index in [1.165, 1.54) is 43.8 Å². The molecular formula is C36H26N4. The number of nitriles is 1. The molecule has 0 atom stereocenters. The van der Waals surface area contributed by atoms with Gasteiger partial charge in [-0.1, -0.05) is 46.5 Å². The molecule has 40 heavy (non-hydrogen) atoms. The van der Waals surface area contributed by atoms with E-state index in [0.717, 1.165) is 33.4 Å². The Morgan fingerprint density at radius 1 is 0.550 bits per heavy atom. The Morgan fingerprint density at radius 2 is 0.900 bits per heavy atom. The van der Waals surface area contributed by atoms with Crippen LogP contribution in [-0.2, 0) is 0 Å². The molecule has 2 heterocycles. The van der Waals surface area contributed by atoms with E-state index in [4.69, 9.17) is 6.57 Å². The maximum absolute atomic E-state index is 10.1. The van der Waals surface area contributed by atoms with E-state index in [-0.39, 0.29) is 0 Å². The molecule has 4 nitrogen and oxygen atoms in total. The molecule has 0 saturated heterocycles. The minimum Gasteiger partial charge on any atom is -0.308 e. The summed E-state index contributed by atoms with van der Waals surface area (Å²) in [6, 6.07) is 32.2. The van der Waals surface area contributed by atoms with Crippen molar-refractivity contribution in [3.8, 4) is 17.4 Å². The first kappa shape index (κ1) is 23.8. The zero-order chi connectivity index (χ0) is 27.7. The lowest BCUT2D eigenvalue weighted by Gasteiger charge is -2.18. The van der Waals surface area contributed by atoms with Crippen LogP contribution in [0.25, 0.3) is 59.8 Å². The van der Waals surface area contributed by atoms with Gasteiger partial charge in [0.2, 0.25) is 5.69 Å². The molecule has 0 N–H and O–H groups in total. The monoisotopic (exact) mass is 514 g/mol. The van der Waals surface area contributed by atoms with E-state index in [2.05, 4.69) is 121 Å². The quantitative estimate of drug-likeness (QED) is 0.212. The Morgan fingerprint density at radius 3 is 1.23 bits per heavy atom. The molecule has 0 radical (unpaired) electrons. The average Bonchev–Trinajstić information content (AvgIpc) is 3.43. The van der Waals surface area contributed by atoms with E-state index in [1.54, 1.807) is 0 Å². The lowest BCUT2D eigenvalue weighted by Crippen LogP contribution is -2.04. The average molecular weight is 515 g/mol. The molecule has 0 amide bonds. The largest absolute Gasteiger partial charge is 0.308 e. The highest BCUT2D eigenvalue weighted by molar-refractivity contribution is 6.12. The molecule has 0 unspecified atom stereocenters. The molecule has 7 rings (SSSR count). The van der Waals surface area contributed by atoms with E-state index in [9.17, 15) is 5.26 Å². The Hall–Kier alpha value is -5.32. The zero-order valence-corrected chi connectivity index (χ0v) is 22.9. The molecule has 0 bridgehead atoms. The number of hydrogen-bond acceptors (Lipinski definition) is 1. The number of fused-ring (bicyclic) bond motifs is 6. The van der Waals surface area contributed by atoms with Crippen LogP contribution in [-0.4, -0.2) is 9.13 Å². The van der Waals surface area contributed by atoms with Gasteiger partial charge in [-0.2, -0.15) is 5.26 Å². The van der Waals surface area contributed by atoms with Gasteiger partial charge in [0.15, 0.2) is 0 Å². The molecule has 0 aliphatic carbocycles. The molecule has 0 spiro atoms. The highest BCUT2D eigenvalue weighted by atomic mass is 15.1. The fraction of sp³-hybridized carbons (Fsp3) is 0.111. The lowest BCUT2D eigenvalue weighted by atomic mass is 10.1. The first-order chi connectivity index (χ1) is 19.4. The highest BCUT2D eigenvalue weighted by Crippen LogP contribution is 2.41. The predicted molar refractivity (Wildman–Crippen MR) is 165 cm³/mol. The first-order valence-corrected chi connectivity index (χ1v) is 13.4. The number of aromatic nitrogens is 2. The minimum atomic E-state index is 0.350. The molecule has 5 aromatic carbocycles. The summed E-state index contributed by atoms with van der Waals surface area (Å²) in [5.74, 6) is 0. The fourth-order valence-corrected chi connectivity index (χ4v) is 6.13. The van der Waals surface area contributed by atoms with Gasteiger partial charge in [-0.3, -0.25) is 0 Å². The third-order valence-electron chi connectivity index (χ3n) is 7.97. The van der Waals surface area contributed by atoms with Crippen molar-refractivity contribution in [3.63, 3.8) is 0 Å². The van der Waals surface area contributed by atoms with Crippen LogP contribution >= 0.6 is 0 Å². The van der Waals surface area contributed by atoms with Gasteiger partial charge in [0.25, 0.3) is 0 Å². The van der Waals surface area contributed by atoms with E-state index < -0.39 is 0 Å². The SMILES string of the molecule is [C-]#[N+]c1cc(-n2c3ccc(C)cc3c3cc(C)ccc32)c(-n2c3ccc(C)cc3c3cc(C)ccc32)cc1C#N. The highest BCUT2D eigenvalue weighted by Gasteiger charge is 2.22. The summed E-state index contributed by atoms with van der Waals surface area (Å²) >= 11 is 0.